The molecule has 2 N–H and O–H groups in total. The van der Waals surface area contributed by atoms with E-state index in [1.54, 1.807) is 24.0 Å². The van der Waals surface area contributed by atoms with E-state index in [2.05, 4.69) is 0 Å². The highest BCUT2D eigenvalue weighted by Crippen LogP contribution is 2.07. The van der Waals surface area contributed by atoms with E-state index in [9.17, 15) is 9.18 Å². The summed E-state index contributed by atoms with van der Waals surface area (Å²) in [4.78, 5) is 13.3. The maximum absolute atomic E-state index is 12.7. The van der Waals surface area contributed by atoms with Gasteiger partial charge in [0.1, 0.15) is 5.82 Å². The van der Waals surface area contributed by atoms with Crippen molar-refractivity contribution in [3.63, 3.8) is 0 Å². The van der Waals surface area contributed by atoms with Gasteiger partial charge in [0.15, 0.2) is 0 Å². The highest BCUT2D eigenvalue weighted by molar-refractivity contribution is 5.81. The number of carbonyl (C=O) groups is 1. The fraction of sp³-hybridized carbons (Fsp3) is 0.417. The lowest BCUT2D eigenvalue weighted by atomic mass is 10.2. The van der Waals surface area contributed by atoms with E-state index in [1.807, 2.05) is 6.92 Å². The highest BCUT2D eigenvalue weighted by Gasteiger charge is 2.15. The summed E-state index contributed by atoms with van der Waals surface area (Å²) in [6.07, 6.45) is 0. The quantitative estimate of drug-likeness (QED) is 0.842. The number of hydrogen-bond acceptors (Lipinski definition) is 2. The molecule has 0 heterocycles. The second-order valence-corrected chi connectivity index (χ2v) is 3.77. The van der Waals surface area contributed by atoms with E-state index >= 15 is 0 Å². The molecule has 16 heavy (non-hydrogen) atoms. The van der Waals surface area contributed by atoms with Crippen molar-refractivity contribution in [1.29, 1.82) is 0 Å². The molecule has 0 saturated heterocycles. The number of likely N-dealkylation sites (N-methyl/N-ethyl adjacent to an activating group) is 1. The Balaban J connectivity index is 2.70. The second-order valence-electron chi connectivity index (χ2n) is 3.77. The van der Waals surface area contributed by atoms with Gasteiger partial charge in [0, 0.05) is 13.1 Å². The number of nitrogens with zero attached hydrogens (tertiary/aromatic N) is 1. The largest absolute Gasteiger partial charge is 0.337 e. The first kappa shape index (κ1) is 12.6. The molecule has 3 nitrogen and oxygen atoms in total. The third-order valence-electron chi connectivity index (χ3n) is 2.37. The first-order valence-electron chi connectivity index (χ1n) is 5.33. The molecule has 0 fully saturated rings. The Bertz CT molecular complexity index is 349. The molecule has 4 heteroatoms. The number of amides is 1. The lowest BCUT2D eigenvalue weighted by Crippen LogP contribution is -2.41. The molecule has 0 aliphatic rings. The molecule has 0 saturated carbocycles. The summed E-state index contributed by atoms with van der Waals surface area (Å²) in [7, 11) is 0. The van der Waals surface area contributed by atoms with E-state index in [4.69, 9.17) is 5.73 Å². The van der Waals surface area contributed by atoms with Gasteiger partial charge in [0.25, 0.3) is 0 Å². The number of benzene rings is 1. The smallest absolute Gasteiger partial charge is 0.239 e. The molecule has 1 unspecified atom stereocenters. The van der Waals surface area contributed by atoms with Crippen molar-refractivity contribution in [2.75, 3.05) is 6.54 Å². The first-order chi connectivity index (χ1) is 7.54. The molecule has 1 rings (SSSR count). The molecular weight excluding hydrogens is 207 g/mol. The van der Waals surface area contributed by atoms with Crippen molar-refractivity contribution in [3.05, 3.63) is 35.6 Å². The maximum atomic E-state index is 12.7. The zero-order valence-electron chi connectivity index (χ0n) is 9.61. The van der Waals surface area contributed by atoms with Crippen LogP contribution in [0.3, 0.4) is 0 Å². The van der Waals surface area contributed by atoms with Crippen LogP contribution in [0.2, 0.25) is 0 Å². The van der Waals surface area contributed by atoms with E-state index < -0.39 is 6.04 Å². The summed E-state index contributed by atoms with van der Waals surface area (Å²) < 4.78 is 12.7. The number of nitrogens with two attached hydrogens (primary N) is 1. The molecule has 1 amide bonds. The van der Waals surface area contributed by atoms with Crippen LogP contribution < -0.4 is 5.73 Å². The Kier molecular flexibility index (Phi) is 4.43. The molecule has 0 aliphatic heterocycles. The van der Waals surface area contributed by atoms with E-state index in [1.165, 1.54) is 12.1 Å². The van der Waals surface area contributed by atoms with Gasteiger partial charge in [-0.15, -0.1) is 0 Å². The van der Waals surface area contributed by atoms with Gasteiger partial charge >= 0.3 is 0 Å². The van der Waals surface area contributed by atoms with Crippen LogP contribution in [0.1, 0.15) is 19.4 Å². The molecule has 0 aromatic heterocycles. The van der Waals surface area contributed by atoms with Crippen LogP contribution in [-0.4, -0.2) is 23.4 Å². The average molecular weight is 224 g/mol. The lowest BCUT2D eigenvalue weighted by Gasteiger charge is -2.22. The molecule has 1 aromatic rings. The van der Waals surface area contributed by atoms with E-state index in [0.717, 1.165) is 5.56 Å². The van der Waals surface area contributed by atoms with Crippen LogP contribution in [0.15, 0.2) is 24.3 Å². The van der Waals surface area contributed by atoms with E-state index in [-0.39, 0.29) is 11.7 Å². The van der Waals surface area contributed by atoms with Gasteiger partial charge in [0.05, 0.1) is 6.04 Å². The van der Waals surface area contributed by atoms with Gasteiger partial charge in [-0.1, -0.05) is 12.1 Å². The minimum Gasteiger partial charge on any atom is -0.337 e. The molecule has 1 atom stereocenters. The summed E-state index contributed by atoms with van der Waals surface area (Å²) in [5.41, 5.74) is 6.44. The zero-order chi connectivity index (χ0) is 12.1. The van der Waals surface area contributed by atoms with Gasteiger partial charge < -0.3 is 10.6 Å². The molecule has 0 spiro atoms. The molecular formula is C12H17FN2O. The van der Waals surface area contributed by atoms with Crippen LogP contribution in [0.4, 0.5) is 4.39 Å². The molecule has 0 bridgehead atoms. The van der Waals surface area contributed by atoms with Crippen molar-refractivity contribution in [2.24, 2.45) is 5.73 Å². The minimum atomic E-state index is -0.500. The summed E-state index contributed by atoms with van der Waals surface area (Å²) in [5.74, 6) is -0.364. The van der Waals surface area contributed by atoms with Crippen LogP contribution >= 0.6 is 0 Å². The monoisotopic (exact) mass is 224 g/mol. The van der Waals surface area contributed by atoms with Crippen LogP contribution in [0.5, 0.6) is 0 Å². The van der Waals surface area contributed by atoms with Crippen molar-refractivity contribution in [1.82, 2.24) is 4.90 Å². The number of hydrogen-bond donors (Lipinski definition) is 1. The Morgan fingerprint density at radius 1 is 1.44 bits per heavy atom. The minimum absolute atomic E-state index is 0.0909. The van der Waals surface area contributed by atoms with Crippen LogP contribution in [-0.2, 0) is 11.3 Å². The lowest BCUT2D eigenvalue weighted by molar-refractivity contribution is -0.132. The summed E-state index contributed by atoms with van der Waals surface area (Å²) in [5, 5.41) is 0. The van der Waals surface area contributed by atoms with Gasteiger partial charge in [-0.3, -0.25) is 4.79 Å². The fourth-order valence-electron chi connectivity index (χ4n) is 1.44. The standard InChI is InChI=1S/C12H17FN2O/c1-3-15(12(16)9(2)14)8-10-4-6-11(13)7-5-10/h4-7,9H,3,8,14H2,1-2H3. The van der Waals surface area contributed by atoms with Crippen molar-refractivity contribution < 1.29 is 9.18 Å². The van der Waals surface area contributed by atoms with Crippen LogP contribution in [0, 0.1) is 5.82 Å². The SMILES string of the molecule is CCN(Cc1ccc(F)cc1)C(=O)C(C)N. The first-order valence-corrected chi connectivity index (χ1v) is 5.33. The van der Waals surface area contributed by atoms with E-state index in [0.29, 0.717) is 13.1 Å². The predicted molar refractivity (Wildman–Crippen MR) is 61.1 cm³/mol. The van der Waals surface area contributed by atoms with Gasteiger partial charge in [-0.25, -0.2) is 4.39 Å². The predicted octanol–water partition coefficient (Wildman–Crippen LogP) is 1.52. The Labute approximate surface area is 95.0 Å². The van der Waals surface area contributed by atoms with Gasteiger partial charge in [-0.05, 0) is 31.5 Å². The molecule has 0 radical (unpaired) electrons. The Morgan fingerprint density at radius 3 is 2.44 bits per heavy atom. The average Bonchev–Trinajstić information content (AvgIpc) is 2.27. The number of halogens is 1. The van der Waals surface area contributed by atoms with Crippen molar-refractivity contribution >= 4 is 5.91 Å². The third-order valence-corrected chi connectivity index (χ3v) is 2.37. The highest BCUT2D eigenvalue weighted by atomic mass is 19.1. The third kappa shape index (κ3) is 3.31. The summed E-state index contributed by atoms with van der Waals surface area (Å²) in [6.45, 7) is 4.62. The molecule has 88 valence electrons. The van der Waals surface area contributed by atoms with Gasteiger partial charge in [0.2, 0.25) is 5.91 Å². The van der Waals surface area contributed by atoms with Crippen molar-refractivity contribution in [3.8, 4) is 0 Å². The van der Waals surface area contributed by atoms with Crippen LogP contribution in [0.25, 0.3) is 0 Å². The Hall–Kier alpha value is -1.42. The van der Waals surface area contributed by atoms with Gasteiger partial charge in [-0.2, -0.15) is 0 Å². The molecule has 0 aliphatic carbocycles. The summed E-state index contributed by atoms with van der Waals surface area (Å²) >= 11 is 0. The zero-order valence-corrected chi connectivity index (χ0v) is 9.61. The fourth-order valence-corrected chi connectivity index (χ4v) is 1.44. The topological polar surface area (TPSA) is 46.3 Å². The summed E-state index contributed by atoms with van der Waals surface area (Å²) in [6, 6.07) is 5.62. The normalized spacial score (nSPS) is 12.2. The van der Waals surface area contributed by atoms with Crippen molar-refractivity contribution in [2.45, 2.75) is 26.4 Å². The Morgan fingerprint density at radius 2 is 2.00 bits per heavy atom. The maximum Gasteiger partial charge on any atom is 0.239 e. The number of rotatable bonds is 4. The number of carbonyl (C=O) groups excluding carboxylic acids is 1. The molecule has 1 aromatic carbocycles. The second kappa shape index (κ2) is 5.61.